The average Bonchev–Trinajstić information content (AvgIpc) is 3.04. The molecule has 6 nitrogen and oxygen atoms in total. The normalized spacial score (nSPS) is 10.9. The number of hydrogen-bond acceptors (Lipinski definition) is 4. The van der Waals surface area contributed by atoms with Gasteiger partial charge in [-0.1, -0.05) is 6.92 Å². The van der Waals surface area contributed by atoms with Gasteiger partial charge in [0.25, 0.3) is 0 Å². The lowest BCUT2D eigenvalue weighted by atomic mass is 10.1. The van der Waals surface area contributed by atoms with Crippen LogP contribution in [0.3, 0.4) is 0 Å². The monoisotopic (exact) mass is 242 g/mol. The van der Waals surface area contributed by atoms with Gasteiger partial charge in [-0.05, 0) is 12.5 Å². The van der Waals surface area contributed by atoms with Crippen molar-refractivity contribution in [3.05, 3.63) is 24.8 Å². The van der Waals surface area contributed by atoms with Gasteiger partial charge in [-0.2, -0.15) is 5.10 Å². The van der Waals surface area contributed by atoms with Gasteiger partial charge in [0.1, 0.15) is 12.0 Å². The zero-order valence-corrected chi connectivity index (χ0v) is 10.1. The molecule has 0 spiro atoms. The van der Waals surface area contributed by atoms with E-state index in [0.29, 0.717) is 0 Å². The Hall–Kier alpha value is -2.37. The van der Waals surface area contributed by atoms with Crippen LogP contribution in [0, 0.1) is 0 Å². The minimum absolute atomic E-state index is 0.832. The summed E-state index contributed by atoms with van der Waals surface area (Å²) in [6, 6.07) is 1.97. The fourth-order valence-electron chi connectivity index (χ4n) is 1.94. The molecule has 0 aliphatic heterocycles. The van der Waals surface area contributed by atoms with Crippen LogP contribution in [0.5, 0.6) is 0 Å². The Morgan fingerprint density at radius 2 is 2.28 bits per heavy atom. The van der Waals surface area contributed by atoms with Crippen LogP contribution < -0.4 is 5.32 Å². The van der Waals surface area contributed by atoms with E-state index in [1.807, 2.05) is 18.5 Å². The summed E-state index contributed by atoms with van der Waals surface area (Å²) in [5.74, 6) is 0.832. The first-order valence-electron chi connectivity index (χ1n) is 5.96. The van der Waals surface area contributed by atoms with E-state index in [1.54, 1.807) is 6.33 Å². The molecule has 92 valence electrons. The van der Waals surface area contributed by atoms with Gasteiger partial charge in [0.2, 0.25) is 0 Å². The summed E-state index contributed by atoms with van der Waals surface area (Å²) >= 11 is 0. The van der Waals surface area contributed by atoms with Crippen molar-refractivity contribution in [2.75, 3.05) is 11.9 Å². The maximum Gasteiger partial charge on any atom is 0.157 e. The largest absolute Gasteiger partial charge is 0.368 e. The quantitative estimate of drug-likeness (QED) is 0.654. The second-order valence-electron chi connectivity index (χ2n) is 4.04. The second-order valence-corrected chi connectivity index (χ2v) is 4.04. The molecular weight excluding hydrogens is 228 g/mol. The molecule has 3 heterocycles. The second kappa shape index (κ2) is 4.48. The van der Waals surface area contributed by atoms with Gasteiger partial charge in [0.15, 0.2) is 5.82 Å². The molecule has 0 radical (unpaired) electrons. The van der Waals surface area contributed by atoms with E-state index >= 15 is 0 Å². The van der Waals surface area contributed by atoms with Crippen molar-refractivity contribution in [2.24, 2.45) is 0 Å². The van der Waals surface area contributed by atoms with Crippen LogP contribution in [0.15, 0.2) is 24.8 Å². The summed E-state index contributed by atoms with van der Waals surface area (Å²) in [5, 5.41) is 11.4. The summed E-state index contributed by atoms with van der Waals surface area (Å²) < 4.78 is 0. The Bertz CT molecular complexity index is 653. The Morgan fingerprint density at radius 3 is 3.17 bits per heavy atom. The standard InChI is InChI=1S/C12H14N6/c1-2-4-13-12-9(6-17-18-12)10-8-3-5-14-11(8)16-7-15-10/h3,5-7H,2,4H2,1H3,(H2,13,17,18)(H,14,15,16). The van der Waals surface area contributed by atoms with Crippen molar-refractivity contribution in [2.45, 2.75) is 13.3 Å². The molecule has 0 amide bonds. The maximum absolute atomic E-state index is 4.36. The predicted octanol–water partition coefficient (Wildman–Crippen LogP) is 2.17. The maximum atomic E-state index is 4.36. The smallest absolute Gasteiger partial charge is 0.157 e. The molecule has 0 aliphatic carbocycles. The zero-order chi connectivity index (χ0) is 12.4. The molecule has 6 heteroatoms. The molecule has 0 bridgehead atoms. The van der Waals surface area contributed by atoms with Crippen LogP contribution in [0.25, 0.3) is 22.3 Å². The molecule has 0 aromatic carbocycles. The molecule has 3 N–H and O–H groups in total. The molecule has 0 atom stereocenters. The third-order valence-corrected chi connectivity index (χ3v) is 2.79. The number of rotatable bonds is 4. The highest BCUT2D eigenvalue weighted by Gasteiger charge is 2.13. The number of fused-ring (bicyclic) bond motifs is 1. The molecule has 3 aromatic rings. The Morgan fingerprint density at radius 1 is 1.33 bits per heavy atom. The van der Waals surface area contributed by atoms with Crippen LogP contribution in [0.2, 0.25) is 0 Å². The Balaban J connectivity index is 2.09. The van der Waals surface area contributed by atoms with E-state index in [0.717, 1.165) is 41.1 Å². The van der Waals surface area contributed by atoms with Crippen LogP contribution in [-0.2, 0) is 0 Å². The molecular formula is C12H14N6. The van der Waals surface area contributed by atoms with Crippen LogP contribution in [0.1, 0.15) is 13.3 Å². The summed E-state index contributed by atoms with van der Waals surface area (Å²) in [7, 11) is 0. The third kappa shape index (κ3) is 1.71. The van der Waals surface area contributed by atoms with Gasteiger partial charge in [-0.15, -0.1) is 0 Å². The number of hydrogen-bond donors (Lipinski definition) is 3. The topological polar surface area (TPSA) is 82.3 Å². The highest BCUT2D eigenvalue weighted by molar-refractivity contribution is 5.93. The van der Waals surface area contributed by atoms with Gasteiger partial charge < -0.3 is 10.3 Å². The first-order valence-corrected chi connectivity index (χ1v) is 5.96. The number of aromatic amines is 2. The Labute approximate surface area is 104 Å². The number of nitrogens with zero attached hydrogens (tertiary/aromatic N) is 3. The lowest BCUT2D eigenvalue weighted by Crippen LogP contribution is -2.01. The number of anilines is 1. The van der Waals surface area contributed by atoms with Gasteiger partial charge in [0, 0.05) is 24.3 Å². The molecule has 0 saturated heterocycles. The van der Waals surface area contributed by atoms with Crippen molar-refractivity contribution >= 4 is 16.9 Å². The van der Waals surface area contributed by atoms with Gasteiger partial charge in [0.05, 0.1) is 11.3 Å². The van der Waals surface area contributed by atoms with Crippen LogP contribution in [0.4, 0.5) is 5.82 Å². The fraction of sp³-hybridized carbons (Fsp3) is 0.250. The number of H-pyrrole nitrogens is 2. The zero-order valence-electron chi connectivity index (χ0n) is 10.1. The molecule has 0 saturated carbocycles. The summed E-state index contributed by atoms with van der Waals surface area (Å²) in [6.07, 6.45) is 6.33. The van der Waals surface area contributed by atoms with Crippen LogP contribution in [-0.4, -0.2) is 31.7 Å². The van der Waals surface area contributed by atoms with Gasteiger partial charge in [-0.25, -0.2) is 9.97 Å². The molecule has 18 heavy (non-hydrogen) atoms. The van der Waals surface area contributed by atoms with Crippen molar-refractivity contribution in [1.82, 2.24) is 25.1 Å². The molecule has 3 aromatic heterocycles. The minimum atomic E-state index is 0.832. The fourth-order valence-corrected chi connectivity index (χ4v) is 1.94. The average molecular weight is 242 g/mol. The van der Waals surface area contributed by atoms with E-state index in [-0.39, 0.29) is 0 Å². The minimum Gasteiger partial charge on any atom is -0.368 e. The van der Waals surface area contributed by atoms with E-state index in [4.69, 9.17) is 0 Å². The predicted molar refractivity (Wildman–Crippen MR) is 70.3 cm³/mol. The first kappa shape index (κ1) is 10.8. The van der Waals surface area contributed by atoms with Gasteiger partial charge >= 0.3 is 0 Å². The molecule has 3 rings (SSSR count). The molecule has 0 unspecified atom stereocenters. The van der Waals surface area contributed by atoms with Crippen molar-refractivity contribution < 1.29 is 0 Å². The van der Waals surface area contributed by atoms with E-state index in [1.165, 1.54) is 0 Å². The highest BCUT2D eigenvalue weighted by atomic mass is 15.2. The van der Waals surface area contributed by atoms with Crippen molar-refractivity contribution in [3.63, 3.8) is 0 Å². The summed E-state index contributed by atoms with van der Waals surface area (Å²) in [6.45, 7) is 3.01. The highest BCUT2D eigenvalue weighted by Crippen LogP contribution is 2.29. The first-order chi connectivity index (χ1) is 8.90. The van der Waals surface area contributed by atoms with E-state index < -0.39 is 0 Å². The lowest BCUT2D eigenvalue weighted by Gasteiger charge is -2.04. The summed E-state index contributed by atoms with van der Waals surface area (Å²) in [4.78, 5) is 11.6. The Kier molecular flexibility index (Phi) is 2.68. The SMILES string of the molecule is CCCNc1n[nH]cc1-c1ncnc2[nH]ccc12. The van der Waals surface area contributed by atoms with Crippen molar-refractivity contribution in [3.8, 4) is 11.3 Å². The summed E-state index contributed by atoms with van der Waals surface area (Å²) in [5.41, 5.74) is 2.69. The number of nitrogens with one attached hydrogen (secondary N) is 3. The van der Waals surface area contributed by atoms with Gasteiger partial charge in [-0.3, -0.25) is 5.10 Å². The van der Waals surface area contributed by atoms with E-state index in [9.17, 15) is 0 Å². The number of aromatic nitrogens is 5. The molecule has 0 aliphatic rings. The van der Waals surface area contributed by atoms with E-state index in [2.05, 4.69) is 37.4 Å². The third-order valence-electron chi connectivity index (χ3n) is 2.79. The van der Waals surface area contributed by atoms with Crippen molar-refractivity contribution in [1.29, 1.82) is 0 Å². The van der Waals surface area contributed by atoms with Crippen LogP contribution >= 0.6 is 0 Å². The lowest BCUT2D eigenvalue weighted by molar-refractivity contribution is 0.961. The molecule has 0 fully saturated rings.